The summed E-state index contributed by atoms with van der Waals surface area (Å²) in [5, 5.41) is 0. The number of hydrogen-bond donors (Lipinski definition) is 0. The minimum absolute atomic E-state index is 0.891. The molecule has 0 N–H and O–H groups in total. The van der Waals surface area contributed by atoms with Gasteiger partial charge in [-0.3, -0.25) is 0 Å². The van der Waals surface area contributed by atoms with Crippen LogP contribution >= 0.6 is 0 Å². The molecule has 0 amide bonds. The summed E-state index contributed by atoms with van der Waals surface area (Å²) < 4.78 is 0. The molecular formula is C13H18N2. The van der Waals surface area contributed by atoms with E-state index in [1.165, 1.54) is 31.2 Å². The molecule has 1 aromatic rings. The molecule has 80 valence electrons. The fraction of sp³-hybridized carbons (Fsp3) is 0.462. The monoisotopic (exact) mass is 202 g/mol. The Morgan fingerprint density at radius 1 is 1.00 bits per heavy atom. The first kappa shape index (κ1) is 11.7. The van der Waals surface area contributed by atoms with Gasteiger partial charge in [-0.1, -0.05) is 43.2 Å². The molecule has 0 atom stereocenters. The van der Waals surface area contributed by atoms with Gasteiger partial charge in [0.15, 0.2) is 0 Å². The summed E-state index contributed by atoms with van der Waals surface area (Å²) in [5.74, 6) is 0. The average Bonchev–Trinajstić information content (AvgIpc) is 2.29. The first-order valence-corrected chi connectivity index (χ1v) is 5.63. The zero-order chi connectivity index (χ0) is 10.8. The molecule has 0 saturated carbocycles. The third kappa shape index (κ3) is 5.82. The summed E-state index contributed by atoms with van der Waals surface area (Å²) in [7, 11) is 0. The van der Waals surface area contributed by atoms with Crippen LogP contribution in [0.5, 0.6) is 0 Å². The molecule has 2 nitrogen and oxygen atoms in total. The maximum Gasteiger partial charge on any atom is 0.257 e. The van der Waals surface area contributed by atoms with Crippen molar-refractivity contribution in [1.29, 1.82) is 0 Å². The van der Waals surface area contributed by atoms with Gasteiger partial charge in [0, 0.05) is 6.42 Å². The predicted octanol–water partition coefficient (Wildman–Crippen LogP) is 3.48. The first-order valence-electron chi connectivity index (χ1n) is 5.63. The molecular weight excluding hydrogens is 184 g/mol. The number of benzene rings is 1. The van der Waals surface area contributed by atoms with Gasteiger partial charge in [-0.05, 0) is 24.8 Å². The van der Waals surface area contributed by atoms with E-state index in [1.54, 1.807) is 6.21 Å². The van der Waals surface area contributed by atoms with Crippen LogP contribution in [0.15, 0.2) is 30.3 Å². The predicted molar refractivity (Wildman–Crippen MR) is 62.9 cm³/mol. The number of rotatable bonds is 7. The molecule has 0 aliphatic heterocycles. The van der Waals surface area contributed by atoms with Crippen LogP contribution in [0.25, 0.3) is 5.53 Å². The fourth-order valence-corrected chi connectivity index (χ4v) is 1.62. The van der Waals surface area contributed by atoms with Crippen LogP contribution in [0.2, 0.25) is 0 Å². The van der Waals surface area contributed by atoms with Crippen molar-refractivity contribution in [2.75, 3.05) is 0 Å². The normalized spacial score (nSPS) is 9.60. The Bertz CT molecular complexity index is 300. The minimum Gasteiger partial charge on any atom is -0.362 e. The van der Waals surface area contributed by atoms with E-state index in [9.17, 15) is 0 Å². The van der Waals surface area contributed by atoms with Crippen LogP contribution in [0, 0.1) is 0 Å². The highest BCUT2D eigenvalue weighted by Crippen LogP contribution is 2.07. The fourth-order valence-electron chi connectivity index (χ4n) is 1.62. The highest BCUT2D eigenvalue weighted by molar-refractivity contribution is 5.49. The molecule has 0 saturated heterocycles. The summed E-state index contributed by atoms with van der Waals surface area (Å²) in [4.78, 5) is 2.98. The summed E-state index contributed by atoms with van der Waals surface area (Å²) in [6.07, 6.45) is 8.49. The molecule has 1 rings (SSSR count). The van der Waals surface area contributed by atoms with Gasteiger partial charge >= 0.3 is 0 Å². The smallest absolute Gasteiger partial charge is 0.257 e. The highest BCUT2D eigenvalue weighted by Gasteiger charge is 1.93. The van der Waals surface area contributed by atoms with E-state index in [1.807, 2.05) is 0 Å². The summed E-state index contributed by atoms with van der Waals surface area (Å²) in [6.45, 7) is 0. The summed E-state index contributed by atoms with van der Waals surface area (Å²) in [6, 6.07) is 10.6. The van der Waals surface area contributed by atoms with Crippen molar-refractivity contribution in [2.24, 2.45) is 0 Å². The van der Waals surface area contributed by atoms with E-state index in [0.717, 1.165) is 12.8 Å². The van der Waals surface area contributed by atoms with Gasteiger partial charge in [0.25, 0.3) is 6.21 Å². The van der Waals surface area contributed by atoms with Crippen molar-refractivity contribution < 1.29 is 4.79 Å². The molecule has 0 aromatic heterocycles. The number of nitrogens with zero attached hydrogens (tertiary/aromatic N) is 2. The standard InChI is InChI=1S/C13H18N2/c14-15-12-8-3-1-2-5-9-13-10-6-4-7-11-13/h4,6-7,10-12H,1-3,5,8-9H2. The quantitative estimate of drug-likeness (QED) is 0.281. The van der Waals surface area contributed by atoms with E-state index in [0.29, 0.717) is 0 Å². The third-order valence-electron chi connectivity index (χ3n) is 2.47. The van der Waals surface area contributed by atoms with Gasteiger partial charge in [-0.25, -0.2) is 0 Å². The van der Waals surface area contributed by atoms with Gasteiger partial charge in [0.2, 0.25) is 0 Å². The number of aryl methyl sites for hydroxylation is 1. The van der Waals surface area contributed by atoms with Crippen LogP contribution in [-0.2, 0) is 6.42 Å². The van der Waals surface area contributed by atoms with Crippen LogP contribution in [-0.4, -0.2) is 11.0 Å². The molecule has 0 bridgehead atoms. The number of unbranched alkanes of at least 4 members (excludes halogenated alkanes) is 4. The molecule has 0 aliphatic rings. The van der Waals surface area contributed by atoms with E-state index < -0.39 is 0 Å². The second-order valence-electron chi connectivity index (χ2n) is 3.74. The van der Waals surface area contributed by atoms with Crippen LogP contribution in [0.3, 0.4) is 0 Å². The molecule has 0 spiro atoms. The van der Waals surface area contributed by atoms with Gasteiger partial charge in [-0.2, -0.15) is 4.79 Å². The lowest BCUT2D eigenvalue weighted by molar-refractivity contribution is 0.000734. The Morgan fingerprint density at radius 2 is 1.73 bits per heavy atom. The van der Waals surface area contributed by atoms with Gasteiger partial charge < -0.3 is 5.53 Å². The van der Waals surface area contributed by atoms with Crippen LogP contribution < -0.4 is 0 Å². The molecule has 2 heteroatoms. The second kappa shape index (κ2) is 7.95. The van der Waals surface area contributed by atoms with Crippen LogP contribution in [0.1, 0.15) is 37.7 Å². The molecule has 0 radical (unpaired) electrons. The Morgan fingerprint density at radius 3 is 2.47 bits per heavy atom. The Hall–Kier alpha value is -1.40. The van der Waals surface area contributed by atoms with Crippen molar-refractivity contribution >= 4 is 6.21 Å². The molecule has 0 heterocycles. The topological polar surface area (TPSA) is 36.4 Å². The van der Waals surface area contributed by atoms with Crippen molar-refractivity contribution in [3.8, 4) is 0 Å². The van der Waals surface area contributed by atoms with Gasteiger partial charge in [0.1, 0.15) is 0 Å². The SMILES string of the molecule is [N-]=[N+]=CCCCCCCc1ccccc1. The lowest BCUT2D eigenvalue weighted by Crippen LogP contribution is -1.86. The second-order valence-corrected chi connectivity index (χ2v) is 3.74. The van der Waals surface area contributed by atoms with Crippen LogP contribution in [0.4, 0.5) is 0 Å². The molecule has 0 fully saturated rings. The summed E-state index contributed by atoms with van der Waals surface area (Å²) >= 11 is 0. The van der Waals surface area contributed by atoms with E-state index >= 15 is 0 Å². The van der Waals surface area contributed by atoms with E-state index in [-0.39, 0.29) is 0 Å². The maximum absolute atomic E-state index is 8.19. The lowest BCUT2D eigenvalue weighted by atomic mass is 10.1. The Kier molecular flexibility index (Phi) is 6.19. The van der Waals surface area contributed by atoms with Crippen molar-refractivity contribution in [1.82, 2.24) is 0 Å². The average molecular weight is 202 g/mol. The maximum atomic E-state index is 8.19. The molecule has 1 aromatic carbocycles. The van der Waals surface area contributed by atoms with Crippen molar-refractivity contribution in [3.05, 3.63) is 41.4 Å². The molecule has 15 heavy (non-hydrogen) atoms. The van der Waals surface area contributed by atoms with E-state index in [2.05, 4.69) is 35.1 Å². The van der Waals surface area contributed by atoms with Crippen molar-refractivity contribution in [3.63, 3.8) is 0 Å². The van der Waals surface area contributed by atoms with E-state index in [4.69, 9.17) is 5.53 Å². The van der Waals surface area contributed by atoms with Crippen molar-refractivity contribution in [2.45, 2.75) is 38.5 Å². The third-order valence-corrected chi connectivity index (χ3v) is 2.47. The Balaban J connectivity index is 2.00. The first-order chi connectivity index (χ1) is 7.43. The molecule has 0 aliphatic carbocycles. The molecule has 0 unspecified atom stereocenters. The summed E-state index contributed by atoms with van der Waals surface area (Å²) in [5.41, 5.74) is 9.61. The zero-order valence-electron chi connectivity index (χ0n) is 9.10. The number of hydrogen-bond acceptors (Lipinski definition) is 0. The largest absolute Gasteiger partial charge is 0.362 e. The Labute approximate surface area is 91.6 Å². The minimum atomic E-state index is 0.891. The highest BCUT2D eigenvalue weighted by atomic mass is 14.8. The zero-order valence-corrected chi connectivity index (χ0v) is 9.10. The van der Waals surface area contributed by atoms with Gasteiger partial charge in [-0.15, -0.1) is 0 Å². The van der Waals surface area contributed by atoms with Gasteiger partial charge in [0.05, 0.1) is 0 Å². The lowest BCUT2D eigenvalue weighted by Gasteiger charge is -2.00.